The van der Waals surface area contributed by atoms with E-state index in [4.69, 9.17) is 4.74 Å². The molecule has 0 spiro atoms. The molecule has 0 aromatic heterocycles. The summed E-state index contributed by atoms with van der Waals surface area (Å²) in [7, 11) is 3.26. The molecule has 0 saturated heterocycles. The second kappa shape index (κ2) is 6.72. The standard InChI is InChI=1S/C13H19N3O3/c1-5-15(3)13(17)19-12-8-6-7-11(9-12)10(2)16(4)14-18/h6-10H,5H2,1-4H3. The van der Waals surface area contributed by atoms with Crippen LogP contribution < -0.4 is 4.74 Å². The van der Waals surface area contributed by atoms with Crippen LogP contribution in [-0.2, 0) is 0 Å². The van der Waals surface area contributed by atoms with Crippen LogP contribution in [0.15, 0.2) is 29.6 Å². The van der Waals surface area contributed by atoms with Crippen molar-refractivity contribution in [3.63, 3.8) is 0 Å². The van der Waals surface area contributed by atoms with Gasteiger partial charge in [0.2, 0.25) is 0 Å². The van der Waals surface area contributed by atoms with Gasteiger partial charge in [-0.25, -0.2) is 4.79 Å². The van der Waals surface area contributed by atoms with Crippen molar-refractivity contribution >= 4 is 6.09 Å². The van der Waals surface area contributed by atoms with E-state index in [-0.39, 0.29) is 6.04 Å². The predicted octanol–water partition coefficient (Wildman–Crippen LogP) is 2.81. The third-order valence-electron chi connectivity index (χ3n) is 3.02. The van der Waals surface area contributed by atoms with Gasteiger partial charge in [0.15, 0.2) is 0 Å². The molecular formula is C13H19N3O3. The van der Waals surface area contributed by atoms with Crippen LogP contribution in [0.2, 0.25) is 0 Å². The third kappa shape index (κ3) is 3.94. The predicted molar refractivity (Wildman–Crippen MR) is 72.7 cm³/mol. The van der Waals surface area contributed by atoms with Gasteiger partial charge in [-0.15, -0.1) is 4.91 Å². The van der Waals surface area contributed by atoms with Gasteiger partial charge in [-0.1, -0.05) is 12.1 Å². The van der Waals surface area contributed by atoms with E-state index in [0.29, 0.717) is 12.3 Å². The molecule has 0 radical (unpaired) electrons. The summed E-state index contributed by atoms with van der Waals surface area (Å²) in [6, 6.07) is 6.88. The number of ether oxygens (including phenoxy) is 1. The Morgan fingerprint density at radius 2 is 2.11 bits per heavy atom. The van der Waals surface area contributed by atoms with Crippen molar-refractivity contribution in [2.75, 3.05) is 20.6 Å². The second-order valence-corrected chi connectivity index (χ2v) is 4.29. The minimum atomic E-state index is -0.408. The quantitative estimate of drug-likeness (QED) is 0.606. The fraction of sp³-hybridized carbons (Fsp3) is 0.462. The first-order valence-corrected chi connectivity index (χ1v) is 6.08. The van der Waals surface area contributed by atoms with E-state index in [9.17, 15) is 9.70 Å². The molecule has 0 heterocycles. The molecule has 1 atom stereocenters. The number of carbonyl (C=O) groups excluding carboxylic acids is 1. The van der Waals surface area contributed by atoms with Crippen LogP contribution in [0.1, 0.15) is 25.5 Å². The molecule has 0 bridgehead atoms. The zero-order valence-electron chi connectivity index (χ0n) is 11.7. The summed E-state index contributed by atoms with van der Waals surface area (Å²) in [6.45, 7) is 4.29. The fourth-order valence-electron chi connectivity index (χ4n) is 1.43. The van der Waals surface area contributed by atoms with E-state index in [1.165, 1.54) is 9.91 Å². The zero-order chi connectivity index (χ0) is 14.4. The average Bonchev–Trinajstić information content (AvgIpc) is 2.44. The summed E-state index contributed by atoms with van der Waals surface area (Å²) >= 11 is 0. The Morgan fingerprint density at radius 3 is 2.68 bits per heavy atom. The highest BCUT2D eigenvalue weighted by atomic mass is 16.6. The molecule has 0 aliphatic carbocycles. The lowest BCUT2D eigenvalue weighted by atomic mass is 10.1. The molecule has 6 heteroatoms. The first-order chi connectivity index (χ1) is 8.99. The Kier molecular flexibility index (Phi) is 5.29. The molecule has 0 saturated carbocycles. The van der Waals surface area contributed by atoms with Crippen molar-refractivity contribution in [2.45, 2.75) is 19.9 Å². The van der Waals surface area contributed by atoms with Crippen LogP contribution >= 0.6 is 0 Å². The van der Waals surface area contributed by atoms with Gasteiger partial charge in [0, 0.05) is 20.6 Å². The maximum Gasteiger partial charge on any atom is 0.414 e. The van der Waals surface area contributed by atoms with Crippen molar-refractivity contribution < 1.29 is 9.53 Å². The number of benzene rings is 1. The van der Waals surface area contributed by atoms with Gasteiger partial charge in [0.1, 0.15) is 5.75 Å². The van der Waals surface area contributed by atoms with Crippen LogP contribution in [0.3, 0.4) is 0 Å². The monoisotopic (exact) mass is 265 g/mol. The molecule has 0 N–H and O–H groups in total. The van der Waals surface area contributed by atoms with Crippen LogP contribution in [0, 0.1) is 4.91 Å². The summed E-state index contributed by atoms with van der Waals surface area (Å²) in [4.78, 5) is 23.6. The number of amides is 1. The van der Waals surface area contributed by atoms with Crippen molar-refractivity contribution in [1.29, 1.82) is 0 Å². The molecule has 1 amide bonds. The molecule has 1 rings (SSSR count). The van der Waals surface area contributed by atoms with E-state index in [1.807, 2.05) is 19.9 Å². The number of carbonyl (C=O) groups is 1. The SMILES string of the molecule is CCN(C)C(=O)Oc1cccc(C(C)N(C)N=O)c1. The lowest BCUT2D eigenvalue weighted by Crippen LogP contribution is -2.29. The molecule has 1 unspecified atom stereocenters. The summed E-state index contributed by atoms with van der Waals surface area (Å²) in [6.07, 6.45) is -0.408. The van der Waals surface area contributed by atoms with Gasteiger partial charge >= 0.3 is 6.09 Å². The Balaban J connectivity index is 2.83. The number of nitrogens with zero attached hydrogens (tertiary/aromatic N) is 3. The number of hydrogen-bond donors (Lipinski definition) is 0. The second-order valence-electron chi connectivity index (χ2n) is 4.29. The Bertz CT molecular complexity index is 451. The maximum absolute atomic E-state index is 11.6. The van der Waals surface area contributed by atoms with Crippen LogP contribution in [-0.4, -0.2) is 36.6 Å². The summed E-state index contributed by atoms with van der Waals surface area (Å²) in [5.41, 5.74) is 0.853. The van der Waals surface area contributed by atoms with E-state index >= 15 is 0 Å². The van der Waals surface area contributed by atoms with Crippen molar-refractivity contribution in [3.8, 4) is 5.75 Å². The minimum Gasteiger partial charge on any atom is -0.410 e. The highest BCUT2D eigenvalue weighted by Crippen LogP contribution is 2.23. The molecule has 0 fully saturated rings. The normalized spacial score (nSPS) is 11.6. The lowest BCUT2D eigenvalue weighted by molar-refractivity contribution is 0.165. The third-order valence-corrected chi connectivity index (χ3v) is 3.02. The van der Waals surface area contributed by atoms with Crippen molar-refractivity contribution in [1.82, 2.24) is 9.91 Å². The first kappa shape index (κ1) is 14.9. The van der Waals surface area contributed by atoms with Gasteiger partial charge in [-0.2, -0.15) is 0 Å². The topological polar surface area (TPSA) is 62.2 Å². The zero-order valence-corrected chi connectivity index (χ0v) is 11.7. The van der Waals surface area contributed by atoms with Crippen molar-refractivity contribution in [3.05, 3.63) is 34.7 Å². The molecule has 1 aromatic carbocycles. The molecule has 19 heavy (non-hydrogen) atoms. The number of hydrogen-bond acceptors (Lipinski definition) is 4. The Hall–Kier alpha value is -2.11. The smallest absolute Gasteiger partial charge is 0.410 e. The fourth-order valence-corrected chi connectivity index (χ4v) is 1.43. The molecule has 1 aromatic rings. The molecule has 6 nitrogen and oxygen atoms in total. The Morgan fingerprint density at radius 1 is 1.42 bits per heavy atom. The molecule has 0 aliphatic rings. The summed E-state index contributed by atoms with van der Waals surface area (Å²) < 4.78 is 5.23. The molecule has 104 valence electrons. The van der Waals surface area contributed by atoms with E-state index in [2.05, 4.69) is 5.29 Å². The van der Waals surface area contributed by atoms with Gasteiger partial charge in [-0.3, -0.25) is 5.01 Å². The largest absolute Gasteiger partial charge is 0.414 e. The van der Waals surface area contributed by atoms with Crippen LogP contribution in [0.4, 0.5) is 4.79 Å². The Labute approximate surface area is 112 Å². The summed E-state index contributed by atoms with van der Waals surface area (Å²) in [5, 5.41) is 4.17. The van der Waals surface area contributed by atoms with Gasteiger partial charge in [-0.05, 0) is 31.5 Å². The molecule has 0 aliphatic heterocycles. The number of rotatable bonds is 5. The van der Waals surface area contributed by atoms with Crippen LogP contribution in [0.25, 0.3) is 0 Å². The van der Waals surface area contributed by atoms with Crippen molar-refractivity contribution in [2.24, 2.45) is 5.29 Å². The first-order valence-electron chi connectivity index (χ1n) is 6.08. The lowest BCUT2D eigenvalue weighted by Gasteiger charge is -2.19. The summed E-state index contributed by atoms with van der Waals surface area (Å²) in [5.74, 6) is 0.453. The van der Waals surface area contributed by atoms with Crippen LogP contribution in [0.5, 0.6) is 5.75 Å². The highest BCUT2D eigenvalue weighted by molar-refractivity contribution is 5.70. The van der Waals surface area contributed by atoms with E-state index < -0.39 is 6.09 Å². The van der Waals surface area contributed by atoms with Gasteiger partial charge in [0.05, 0.1) is 11.3 Å². The maximum atomic E-state index is 11.6. The minimum absolute atomic E-state index is 0.181. The van der Waals surface area contributed by atoms with E-state index in [1.54, 1.807) is 32.3 Å². The van der Waals surface area contributed by atoms with Gasteiger partial charge in [0.25, 0.3) is 0 Å². The molecular weight excluding hydrogens is 246 g/mol. The average molecular weight is 265 g/mol. The highest BCUT2D eigenvalue weighted by Gasteiger charge is 2.13. The van der Waals surface area contributed by atoms with E-state index in [0.717, 1.165) is 5.56 Å². The van der Waals surface area contributed by atoms with Gasteiger partial charge < -0.3 is 9.64 Å². The number of nitroso groups, excluding NO2 is 1.